The summed E-state index contributed by atoms with van der Waals surface area (Å²) in [6, 6.07) is 11.7. The topological polar surface area (TPSA) is 15.3 Å². The summed E-state index contributed by atoms with van der Waals surface area (Å²) in [6.07, 6.45) is 6.64. The quantitative estimate of drug-likeness (QED) is 0.861. The first-order valence-electron chi connectivity index (χ1n) is 8.74. The van der Waals surface area contributed by atoms with E-state index in [1.807, 2.05) is 0 Å². The molecule has 1 aliphatic heterocycles. The van der Waals surface area contributed by atoms with Crippen molar-refractivity contribution in [2.45, 2.75) is 57.5 Å². The number of piperazine rings is 1. The third-order valence-corrected chi connectivity index (χ3v) is 5.42. The van der Waals surface area contributed by atoms with Crippen molar-refractivity contribution < 1.29 is 0 Å². The second kappa shape index (κ2) is 6.50. The molecule has 2 atom stereocenters. The third-order valence-electron chi connectivity index (χ3n) is 5.42. The lowest BCUT2D eigenvalue weighted by molar-refractivity contribution is 0.0712. The molecule has 1 aromatic rings. The van der Waals surface area contributed by atoms with E-state index in [9.17, 15) is 0 Å². The maximum absolute atomic E-state index is 3.88. The highest BCUT2D eigenvalue weighted by Crippen LogP contribution is 2.41. The molecule has 2 aliphatic rings. The molecule has 2 fully saturated rings. The van der Waals surface area contributed by atoms with E-state index in [2.05, 4.69) is 54.4 Å². The van der Waals surface area contributed by atoms with Crippen LogP contribution in [0.15, 0.2) is 30.3 Å². The van der Waals surface area contributed by atoms with Crippen molar-refractivity contribution in [2.24, 2.45) is 5.92 Å². The van der Waals surface area contributed by atoms with Crippen LogP contribution in [0.3, 0.4) is 0 Å². The van der Waals surface area contributed by atoms with Gasteiger partial charge in [-0.15, -0.1) is 0 Å². The highest BCUT2D eigenvalue weighted by atomic mass is 15.3. The van der Waals surface area contributed by atoms with Gasteiger partial charge in [0.25, 0.3) is 0 Å². The minimum Gasteiger partial charge on any atom is -0.308 e. The van der Waals surface area contributed by atoms with E-state index in [1.165, 1.54) is 57.3 Å². The molecule has 1 N–H and O–H groups in total. The predicted octanol–water partition coefficient (Wildman–Crippen LogP) is 3.47. The zero-order valence-electron chi connectivity index (χ0n) is 13.6. The van der Waals surface area contributed by atoms with E-state index in [1.54, 1.807) is 0 Å². The Hall–Kier alpha value is -0.860. The second-order valence-corrected chi connectivity index (χ2v) is 7.22. The Labute approximate surface area is 129 Å². The molecule has 1 heterocycles. The zero-order chi connectivity index (χ0) is 14.7. The van der Waals surface area contributed by atoms with Crippen molar-refractivity contribution in [1.29, 1.82) is 0 Å². The standard InChI is InChI=1S/C19H30N2/c1-3-7-18-14-20-19(2,17-10-11-17)15-21(18)13-12-16-8-5-4-6-9-16/h4-6,8-9,17-18,20H,3,7,10-15H2,1-2H3. The summed E-state index contributed by atoms with van der Waals surface area (Å²) in [4.78, 5) is 2.77. The fraction of sp³-hybridized carbons (Fsp3) is 0.684. The van der Waals surface area contributed by atoms with Gasteiger partial charge < -0.3 is 5.32 Å². The number of nitrogens with zero attached hydrogens (tertiary/aromatic N) is 1. The molecule has 3 rings (SSSR count). The largest absolute Gasteiger partial charge is 0.308 e. The molecule has 0 bridgehead atoms. The fourth-order valence-corrected chi connectivity index (χ4v) is 3.88. The number of benzene rings is 1. The molecule has 1 aromatic carbocycles. The summed E-state index contributed by atoms with van der Waals surface area (Å²) >= 11 is 0. The van der Waals surface area contributed by atoms with Gasteiger partial charge >= 0.3 is 0 Å². The first-order valence-corrected chi connectivity index (χ1v) is 8.74. The van der Waals surface area contributed by atoms with Crippen molar-refractivity contribution >= 4 is 0 Å². The van der Waals surface area contributed by atoms with Crippen molar-refractivity contribution in [3.8, 4) is 0 Å². The first-order chi connectivity index (χ1) is 10.2. The van der Waals surface area contributed by atoms with Gasteiger partial charge in [0.1, 0.15) is 0 Å². The molecule has 21 heavy (non-hydrogen) atoms. The Balaban J connectivity index is 1.62. The van der Waals surface area contributed by atoms with E-state index in [0.717, 1.165) is 12.0 Å². The number of hydrogen-bond acceptors (Lipinski definition) is 2. The van der Waals surface area contributed by atoms with Crippen LogP contribution < -0.4 is 5.32 Å². The normalized spacial score (nSPS) is 30.5. The van der Waals surface area contributed by atoms with E-state index >= 15 is 0 Å². The Bertz CT molecular complexity index is 440. The van der Waals surface area contributed by atoms with Crippen LogP contribution in [0.25, 0.3) is 0 Å². The molecular formula is C19H30N2. The predicted molar refractivity (Wildman–Crippen MR) is 89.5 cm³/mol. The van der Waals surface area contributed by atoms with Crippen molar-refractivity contribution in [3.63, 3.8) is 0 Å². The smallest absolute Gasteiger partial charge is 0.0309 e. The highest BCUT2D eigenvalue weighted by Gasteiger charge is 2.45. The van der Waals surface area contributed by atoms with Gasteiger partial charge in [0.05, 0.1) is 0 Å². The molecule has 0 amide bonds. The molecule has 0 radical (unpaired) electrons. The van der Waals surface area contributed by atoms with E-state index in [4.69, 9.17) is 0 Å². The van der Waals surface area contributed by atoms with Gasteiger partial charge in [-0.05, 0) is 44.1 Å². The van der Waals surface area contributed by atoms with Crippen LogP contribution in [0.5, 0.6) is 0 Å². The monoisotopic (exact) mass is 286 g/mol. The zero-order valence-corrected chi connectivity index (χ0v) is 13.6. The Morgan fingerprint density at radius 1 is 1.24 bits per heavy atom. The van der Waals surface area contributed by atoms with Crippen LogP contribution in [0, 0.1) is 5.92 Å². The number of rotatable bonds is 6. The molecular weight excluding hydrogens is 256 g/mol. The lowest BCUT2D eigenvalue weighted by Gasteiger charge is -2.47. The van der Waals surface area contributed by atoms with Crippen molar-refractivity contribution in [3.05, 3.63) is 35.9 Å². The van der Waals surface area contributed by atoms with Crippen LogP contribution in [0.2, 0.25) is 0 Å². The van der Waals surface area contributed by atoms with Crippen LogP contribution in [0.4, 0.5) is 0 Å². The Morgan fingerprint density at radius 3 is 2.67 bits per heavy atom. The summed E-state index contributed by atoms with van der Waals surface area (Å²) in [6.45, 7) is 8.37. The van der Waals surface area contributed by atoms with Gasteiger partial charge in [-0.3, -0.25) is 4.90 Å². The summed E-state index contributed by atoms with van der Waals surface area (Å²) in [7, 11) is 0. The highest BCUT2D eigenvalue weighted by molar-refractivity contribution is 5.15. The second-order valence-electron chi connectivity index (χ2n) is 7.22. The van der Waals surface area contributed by atoms with Crippen LogP contribution in [0.1, 0.15) is 45.1 Å². The van der Waals surface area contributed by atoms with Crippen molar-refractivity contribution in [2.75, 3.05) is 19.6 Å². The Kier molecular flexibility index (Phi) is 4.66. The van der Waals surface area contributed by atoms with Crippen molar-refractivity contribution in [1.82, 2.24) is 10.2 Å². The van der Waals surface area contributed by atoms with Gasteiger partial charge in [-0.25, -0.2) is 0 Å². The molecule has 2 nitrogen and oxygen atoms in total. The van der Waals surface area contributed by atoms with Crippen LogP contribution in [-0.4, -0.2) is 36.1 Å². The molecule has 116 valence electrons. The lowest BCUT2D eigenvalue weighted by atomic mass is 9.89. The molecule has 1 saturated carbocycles. The summed E-state index contributed by atoms with van der Waals surface area (Å²) in [5.41, 5.74) is 1.83. The molecule has 2 unspecified atom stereocenters. The maximum Gasteiger partial charge on any atom is 0.0309 e. The molecule has 1 saturated heterocycles. The average molecular weight is 286 g/mol. The van der Waals surface area contributed by atoms with Gasteiger partial charge in [0, 0.05) is 31.2 Å². The lowest BCUT2D eigenvalue weighted by Crippen LogP contribution is -2.64. The summed E-state index contributed by atoms with van der Waals surface area (Å²) in [5.74, 6) is 0.916. The molecule has 0 spiro atoms. The fourth-order valence-electron chi connectivity index (χ4n) is 3.88. The van der Waals surface area contributed by atoms with Crippen LogP contribution >= 0.6 is 0 Å². The molecule has 1 aliphatic carbocycles. The third kappa shape index (κ3) is 3.67. The average Bonchev–Trinajstić information content (AvgIpc) is 3.34. The summed E-state index contributed by atoms with van der Waals surface area (Å²) < 4.78 is 0. The minimum absolute atomic E-state index is 0.362. The number of hydrogen-bond donors (Lipinski definition) is 1. The SMILES string of the molecule is CCCC1CNC(C)(C2CC2)CN1CCc1ccccc1. The van der Waals surface area contributed by atoms with Crippen LogP contribution in [-0.2, 0) is 6.42 Å². The van der Waals surface area contributed by atoms with Gasteiger partial charge in [-0.2, -0.15) is 0 Å². The Morgan fingerprint density at radius 2 is 2.00 bits per heavy atom. The van der Waals surface area contributed by atoms with Gasteiger partial charge in [-0.1, -0.05) is 43.7 Å². The number of nitrogens with one attached hydrogen (secondary N) is 1. The van der Waals surface area contributed by atoms with E-state index in [0.29, 0.717) is 5.54 Å². The van der Waals surface area contributed by atoms with E-state index < -0.39 is 0 Å². The first kappa shape index (κ1) is 15.1. The van der Waals surface area contributed by atoms with Gasteiger partial charge in [0.15, 0.2) is 0 Å². The molecule has 2 heteroatoms. The van der Waals surface area contributed by atoms with Gasteiger partial charge in [0.2, 0.25) is 0 Å². The van der Waals surface area contributed by atoms with E-state index in [-0.39, 0.29) is 0 Å². The molecule has 0 aromatic heterocycles. The maximum atomic E-state index is 3.88. The minimum atomic E-state index is 0.362. The summed E-state index contributed by atoms with van der Waals surface area (Å²) in [5, 5.41) is 3.88.